The highest BCUT2D eigenvalue weighted by Gasteiger charge is 2.38. The highest BCUT2D eigenvalue weighted by Crippen LogP contribution is 2.13. The summed E-state index contributed by atoms with van der Waals surface area (Å²) in [4.78, 5) is 36.9. The van der Waals surface area contributed by atoms with E-state index in [0.717, 1.165) is 10.7 Å². The molecule has 7 nitrogen and oxygen atoms in total. The van der Waals surface area contributed by atoms with Gasteiger partial charge in [0.05, 0.1) is 11.6 Å². The van der Waals surface area contributed by atoms with E-state index in [1.54, 1.807) is 30.0 Å². The van der Waals surface area contributed by atoms with Crippen LogP contribution in [0.1, 0.15) is 12.0 Å². The number of carbonyl (C=O) groups is 3. The first-order valence-corrected chi connectivity index (χ1v) is 8.35. The number of benzene rings is 1. The van der Waals surface area contributed by atoms with E-state index in [9.17, 15) is 14.4 Å². The van der Waals surface area contributed by atoms with Crippen LogP contribution in [-0.2, 0) is 9.59 Å². The fourth-order valence-electron chi connectivity index (χ4n) is 2.17. The molecule has 0 spiro atoms. The quantitative estimate of drug-likeness (QED) is 0.761. The van der Waals surface area contributed by atoms with Crippen molar-refractivity contribution in [3.05, 3.63) is 29.8 Å². The fourth-order valence-corrected chi connectivity index (χ4v) is 2.64. The van der Waals surface area contributed by atoms with Gasteiger partial charge in [-0.1, -0.05) is 6.07 Å². The molecule has 120 valence electrons. The SMILES string of the molecule is CSCCC1NC(=O)N(CC(=O)Nc2cccc(C#N)c2)C1=O. The summed E-state index contributed by atoms with van der Waals surface area (Å²) < 4.78 is 0. The minimum Gasteiger partial charge on any atom is -0.326 e. The first-order valence-electron chi connectivity index (χ1n) is 6.96. The molecular formula is C15H16N4O3S. The fraction of sp³-hybridized carbons (Fsp3) is 0.333. The van der Waals surface area contributed by atoms with Gasteiger partial charge in [0.1, 0.15) is 12.6 Å². The molecule has 1 heterocycles. The van der Waals surface area contributed by atoms with Crippen molar-refractivity contribution in [3.63, 3.8) is 0 Å². The summed E-state index contributed by atoms with van der Waals surface area (Å²) in [7, 11) is 0. The Balaban J connectivity index is 1.95. The highest BCUT2D eigenvalue weighted by molar-refractivity contribution is 7.98. The molecule has 1 saturated heterocycles. The molecule has 23 heavy (non-hydrogen) atoms. The number of nitrogens with zero attached hydrogens (tertiary/aromatic N) is 2. The molecule has 0 aliphatic carbocycles. The van der Waals surface area contributed by atoms with E-state index in [4.69, 9.17) is 5.26 Å². The third-order valence-corrected chi connectivity index (χ3v) is 3.94. The van der Waals surface area contributed by atoms with Gasteiger partial charge in [0.25, 0.3) is 5.91 Å². The zero-order valence-electron chi connectivity index (χ0n) is 12.5. The monoisotopic (exact) mass is 332 g/mol. The summed E-state index contributed by atoms with van der Waals surface area (Å²) in [6.07, 6.45) is 2.45. The van der Waals surface area contributed by atoms with Crippen molar-refractivity contribution < 1.29 is 14.4 Å². The highest BCUT2D eigenvalue weighted by atomic mass is 32.2. The molecule has 1 aliphatic heterocycles. The van der Waals surface area contributed by atoms with Crippen molar-refractivity contribution in [1.29, 1.82) is 5.26 Å². The number of amides is 4. The molecule has 1 fully saturated rings. The standard InChI is InChI=1S/C15H16N4O3S/c1-23-6-5-12-14(21)19(15(22)18-12)9-13(20)17-11-4-2-3-10(7-11)8-16/h2-4,7,12H,5-6,9H2,1H3,(H,17,20)(H,18,22). The molecular weight excluding hydrogens is 316 g/mol. The van der Waals surface area contributed by atoms with E-state index in [-0.39, 0.29) is 12.5 Å². The Morgan fingerprint density at radius 1 is 1.48 bits per heavy atom. The van der Waals surface area contributed by atoms with Gasteiger partial charge in [-0.2, -0.15) is 17.0 Å². The normalized spacial score (nSPS) is 16.9. The lowest BCUT2D eigenvalue weighted by Gasteiger charge is -2.13. The van der Waals surface area contributed by atoms with Crippen LogP contribution < -0.4 is 10.6 Å². The van der Waals surface area contributed by atoms with Crippen LogP contribution in [0.15, 0.2) is 24.3 Å². The van der Waals surface area contributed by atoms with Crippen molar-refractivity contribution in [2.45, 2.75) is 12.5 Å². The minimum atomic E-state index is -0.565. The zero-order valence-corrected chi connectivity index (χ0v) is 13.4. The van der Waals surface area contributed by atoms with Crippen molar-refractivity contribution in [2.75, 3.05) is 23.9 Å². The number of thioether (sulfide) groups is 1. The van der Waals surface area contributed by atoms with Crippen LogP contribution in [0.5, 0.6) is 0 Å². The summed E-state index contributed by atoms with van der Waals surface area (Å²) in [5.41, 5.74) is 0.856. The van der Waals surface area contributed by atoms with E-state index in [1.807, 2.05) is 12.3 Å². The third kappa shape index (κ3) is 4.23. The molecule has 2 N–H and O–H groups in total. The van der Waals surface area contributed by atoms with Gasteiger partial charge in [0.2, 0.25) is 5.91 Å². The molecule has 0 saturated carbocycles. The Morgan fingerprint density at radius 2 is 2.26 bits per heavy atom. The molecule has 1 atom stereocenters. The number of nitrogens with one attached hydrogen (secondary N) is 2. The minimum absolute atomic E-state index is 0.350. The van der Waals surface area contributed by atoms with E-state index < -0.39 is 18.0 Å². The molecule has 8 heteroatoms. The van der Waals surface area contributed by atoms with E-state index in [2.05, 4.69) is 10.6 Å². The van der Waals surface area contributed by atoms with Crippen molar-refractivity contribution >= 4 is 35.3 Å². The Kier molecular flexibility index (Phi) is 5.60. The van der Waals surface area contributed by atoms with Gasteiger partial charge < -0.3 is 10.6 Å². The topological polar surface area (TPSA) is 102 Å². The van der Waals surface area contributed by atoms with Crippen LogP contribution in [0.25, 0.3) is 0 Å². The predicted octanol–water partition coefficient (Wildman–Crippen LogP) is 1.17. The largest absolute Gasteiger partial charge is 0.326 e. The van der Waals surface area contributed by atoms with Crippen LogP contribution in [0.3, 0.4) is 0 Å². The average Bonchev–Trinajstić information content (AvgIpc) is 2.80. The maximum atomic E-state index is 12.1. The number of hydrogen-bond donors (Lipinski definition) is 2. The number of nitriles is 1. The Bertz CT molecular complexity index is 671. The predicted molar refractivity (Wildman–Crippen MR) is 86.8 cm³/mol. The first-order chi connectivity index (χ1) is 11.0. The van der Waals surface area contributed by atoms with Crippen molar-refractivity contribution in [3.8, 4) is 6.07 Å². The van der Waals surface area contributed by atoms with E-state index >= 15 is 0 Å². The van der Waals surface area contributed by atoms with Crippen LogP contribution in [-0.4, -0.2) is 47.3 Å². The second-order valence-electron chi connectivity index (χ2n) is 4.95. The number of urea groups is 1. The Morgan fingerprint density at radius 3 is 2.96 bits per heavy atom. The molecule has 1 aromatic rings. The first kappa shape index (κ1) is 16.8. The molecule has 1 aromatic carbocycles. The molecule has 0 bridgehead atoms. The lowest BCUT2D eigenvalue weighted by molar-refractivity contribution is -0.130. The second-order valence-corrected chi connectivity index (χ2v) is 5.93. The van der Waals surface area contributed by atoms with Crippen molar-refractivity contribution in [2.24, 2.45) is 0 Å². The smallest absolute Gasteiger partial charge is 0.325 e. The number of rotatable bonds is 6. The number of anilines is 1. The third-order valence-electron chi connectivity index (χ3n) is 3.29. The summed E-state index contributed by atoms with van der Waals surface area (Å²) in [6, 6.07) is 7.26. The average molecular weight is 332 g/mol. The summed E-state index contributed by atoms with van der Waals surface area (Å²) in [6.45, 7) is -0.350. The van der Waals surface area contributed by atoms with E-state index in [0.29, 0.717) is 17.7 Å². The Hall–Kier alpha value is -2.53. The molecule has 1 unspecified atom stereocenters. The molecule has 1 aliphatic rings. The Labute approximate surface area is 138 Å². The van der Waals surface area contributed by atoms with Gasteiger partial charge in [0, 0.05) is 5.69 Å². The van der Waals surface area contributed by atoms with Gasteiger partial charge in [-0.15, -0.1) is 0 Å². The number of hydrogen-bond acceptors (Lipinski definition) is 5. The lowest BCUT2D eigenvalue weighted by Crippen LogP contribution is -2.38. The van der Waals surface area contributed by atoms with Crippen LogP contribution in [0.4, 0.5) is 10.5 Å². The lowest BCUT2D eigenvalue weighted by atomic mass is 10.2. The summed E-state index contributed by atoms with van der Waals surface area (Å²) >= 11 is 1.58. The van der Waals surface area contributed by atoms with E-state index in [1.165, 1.54) is 6.07 Å². The van der Waals surface area contributed by atoms with Crippen LogP contribution >= 0.6 is 11.8 Å². The van der Waals surface area contributed by atoms with Gasteiger partial charge >= 0.3 is 6.03 Å². The summed E-state index contributed by atoms with van der Waals surface area (Å²) in [5, 5.41) is 14.0. The van der Waals surface area contributed by atoms with Gasteiger partial charge in [-0.25, -0.2) is 4.79 Å². The maximum Gasteiger partial charge on any atom is 0.325 e. The van der Waals surface area contributed by atoms with Gasteiger partial charge in [-0.3, -0.25) is 14.5 Å². The molecule has 0 radical (unpaired) electrons. The summed E-state index contributed by atoms with van der Waals surface area (Å²) in [5.74, 6) is -0.128. The van der Waals surface area contributed by atoms with Crippen molar-refractivity contribution in [1.82, 2.24) is 10.2 Å². The molecule has 2 rings (SSSR count). The van der Waals surface area contributed by atoms with Gasteiger partial charge in [0.15, 0.2) is 0 Å². The van der Waals surface area contributed by atoms with Crippen LogP contribution in [0, 0.1) is 11.3 Å². The van der Waals surface area contributed by atoms with Gasteiger partial charge in [-0.05, 0) is 36.6 Å². The maximum absolute atomic E-state index is 12.1. The van der Waals surface area contributed by atoms with Crippen LogP contribution in [0.2, 0.25) is 0 Å². The number of imide groups is 1. The second kappa shape index (κ2) is 7.65. The number of carbonyl (C=O) groups excluding carboxylic acids is 3. The molecule has 0 aromatic heterocycles. The molecule has 4 amide bonds. The zero-order chi connectivity index (χ0) is 16.8.